The van der Waals surface area contributed by atoms with Crippen LogP contribution in [-0.4, -0.2) is 23.3 Å². The van der Waals surface area contributed by atoms with Crippen molar-refractivity contribution in [1.82, 2.24) is 4.98 Å². The Kier molecular flexibility index (Phi) is 3.37. The number of rotatable bonds is 2. The van der Waals surface area contributed by atoms with Gasteiger partial charge in [0.2, 0.25) is 0 Å². The van der Waals surface area contributed by atoms with Gasteiger partial charge in [0.1, 0.15) is 5.82 Å². The van der Waals surface area contributed by atoms with Crippen LogP contribution in [0.3, 0.4) is 0 Å². The summed E-state index contributed by atoms with van der Waals surface area (Å²) >= 11 is 0. The normalized spacial score (nSPS) is 20.3. The first-order chi connectivity index (χ1) is 8.77. The van der Waals surface area contributed by atoms with Gasteiger partial charge in [0.25, 0.3) is 0 Å². The first-order valence-corrected chi connectivity index (χ1v) is 6.14. The van der Waals surface area contributed by atoms with Gasteiger partial charge in [-0.15, -0.1) is 0 Å². The fourth-order valence-electron chi connectivity index (χ4n) is 1.78. The molecule has 1 aromatic rings. The molecular formula is C13H16BFN2O2. The van der Waals surface area contributed by atoms with E-state index in [-0.39, 0.29) is 12.0 Å². The third-order valence-corrected chi connectivity index (χ3v) is 3.72. The molecule has 1 aliphatic heterocycles. The predicted octanol–water partition coefficient (Wildman–Crippen LogP) is 1.59. The number of pyridine rings is 1. The maximum absolute atomic E-state index is 13.8. The average molecular weight is 262 g/mol. The molecule has 6 heteroatoms. The Hall–Kier alpha value is -1.45. The van der Waals surface area contributed by atoms with Crippen molar-refractivity contribution < 1.29 is 13.7 Å². The Morgan fingerprint density at radius 1 is 1.32 bits per heavy atom. The highest BCUT2D eigenvalue weighted by molar-refractivity contribution is 6.61. The summed E-state index contributed by atoms with van der Waals surface area (Å²) in [6.07, 6.45) is 1.36. The van der Waals surface area contributed by atoms with E-state index in [4.69, 9.17) is 14.6 Å². The van der Waals surface area contributed by atoms with E-state index in [2.05, 4.69) is 4.98 Å². The molecule has 0 spiro atoms. The van der Waals surface area contributed by atoms with Crippen LogP contribution in [0.5, 0.6) is 0 Å². The third kappa shape index (κ3) is 2.49. The van der Waals surface area contributed by atoms with Crippen molar-refractivity contribution in [2.75, 3.05) is 0 Å². The van der Waals surface area contributed by atoms with Crippen LogP contribution < -0.4 is 5.59 Å². The summed E-state index contributed by atoms with van der Waals surface area (Å²) in [5.74, 6) is -0.457. The van der Waals surface area contributed by atoms with Crippen molar-refractivity contribution in [3.8, 4) is 6.07 Å². The summed E-state index contributed by atoms with van der Waals surface area (Å²) in [5.41, 5.74) is -0.303. The second-order valence-corrected chi connectivity index (χ2v) is 5.62. The number of aromatic nitrogens is 1. The Bertz CT molecular complexity index is 524. The van der Waals surface area contributed by atoms with E-state index in [1.165, 1.54) is 12.3 Å². The van der Waals surface area contributed by atoms with Gasteiger partial charge in [-0.25, -0.2) is 4.39 Å². The van der Waals surface area contributed by atoms with Crippen molar-refractivity contribution in [3.63, 3.8) is 0 Å². The molecule has 0 amide bonds. The molecule has 1 saturated heterocycles. The van der Waals surface area contributed by atoms with E-state index in [1.807, 2.05) is 33.8 Å². The quantitative estimate of drug-likeness (QED) is 0.759. The second-order valence-electron chi connectivity index (χ2n) is 5.62. The zero-order valence-electron chi connectivity index (χ0n) is 11.5. The van der Waals surface area contributed by atoms with E-state index in [9.17, 15) is 4.39 Å². The summed E-state index contributed by atoms with van der Waals surface area (Å²) in [7, 11) is -0.685. The van der Waals surface area contributed by atoms with Crippen LogP contribution in [0.2, 0.25) is 0 Å². The Balaban J connectivity index is 2.26. The molecular weight excluding hydrogens is 246 g/mol. The predicted molar refractivity (Wildman–Crippen MR) is 69.2 cm³/mol. The van der Waals surface area contributed by atoms with Gasteiger partial charge < -0.3 is 9.31 Å². The number of halogens is 1. The van der Waals surface area contributed by atoms with Crippen LogP contribution in [0.4, 0.5) is 4.39 Å². The zero-order valence-corrected chi connectivity index (χ0v) is 11.5. The first kappa shape index (κ1) is 14.0. The number of hydrogen-bond donors (Lipinski definition) is 0. The minimum atomic E-state index is -0.685. The van der Waals surface area contributed by atoms with Crippen LogP contribution in [0.1, 0.15) is 33.3 Å². The molecule has 19 heavy (non-hydrogen) atoms. The maximum Gasteiger partial charge on any atom is 0.514 e. The SMILES string of the molecule is CC1(C)OB(c2cc(F)c(CC#N)cn2)OC1(C)C. The molecule has 100 valence electrons. The third-order valence-electron chi connectivity index (χ3n) is 3.72. The van der Waals surface area contributed by atoms with E-state index in [0.29, 0.717) is 5.59 Å². The minimum Gasteiger partial charge on any atom is -0.398 e. The van der Waals surface area contributed by atoms with Crippen LogP contribution in [0.25, 0.3) is 0 Å². The number of hydrogen-bond acceptors (Lipinski definition) is 4. The second kappa shape index (κ2) is 4.59. The summed E-state index contributed by atoms with van der Waals surface area (Å²) in [4.78, 5) is 4.13. The smallest absolute Gasteiger partial charge is 0.398 e. The largest absolute Gasteiger partial charge is 0.514 e. The minimum absolute atomic E-state index is 0.00246. The van der Waals surface area contributed by atoms with Crippen molar-refractivity contribution in [2.24, 2.45) is 0 Å². The Morgan fingerprint density at radius 2 is 1.89 bits per heavy atom. The molecule has 1 fully saturated rings. The van der Waals surface area contributed by atoms with E-state index >= 15 is 0 Å². The van der Waals surface area contributed by atoms with Gasteiger partial charge in [-0.1, -0.05) is 0 Å². The standard InChI is InChI=1S/C13H16BFN2O2/c1-12(2)13(3,4)19-14(18-12)11-7-10(15)9(5-6-16)8-17-11/h7-8H,5H2,1-4H3. The van der Waals surface area contributed by atoms with Crippen molar-refractivity contribution in [3.05, 3.63) is 23.6 Å². The van der Waals surface area contributed by atoms with Crippen LogP contribution in [0.15, 0.2) is 12.3 Å². The molecule has 0 bridgehead atoms. The van der Waals surface area contributed by atoms with Gasteiger partial charge >= 0.3 is 7.12 Å². The van der Waals surface area contributed by atoms with Gasteiger partial charge in [-0.2, -0.15) is 5.26 Å². The summed E-state index contributed by atoms with van der Waals surface area (Å²) in [5, 5.41) is 8.57. The highest BCUT2D eigenvalue weighted by Gasteiger charge is 2.52. The monoisotopic (exact) mass is 262 g/mol. The van der Waals surface area contributed by atoms with Gasteiger partial charge in [-0.3, -0.25) is 4.98 Å². The maximum atomic E-state index is 13.8. The highest BCUT2D eigenvalue weighted by atomic mass is 19.1. The van der Waals surface area contributed by atoms with Gasteiger partial charge in [0, 0.05) is 11.8 Å². The molecule has 4 nitrogen and oxygen atoms in total. The lowest BCUT2D eigenvalue weighted by atomic mass is 9.84. The average Bonchev–Trinajstić information content (AvgIpc) is 2.51. The molecule has 0 unspecified atom stereocenters. The summed E-state index contributed by atoms with van der Waals surface area (Å²) < 4.78 is 25.4. The fourth-order valence-corrected chi connectivity index (χ4v) is 1.78. The van der Waals surface area contributed by atoms with E-state index < -0.39 is 24.1 Å². The Morgan fingerprint density at radius 3 is 2.37 bits per heavy atom. The summed E-state index contributed by atoms with van der Waals surface area (Å²) in [6.45, 7) is 7.70. The number of nitriles is 1. The van der Waals surface area contributed by atoms with Crippen molar-refractivity contribution in [1.29, 1.82) is 5.26 Å². The molecule has 0 N–H and O–H groups in total. The fraction of sp³-hybridized carbons (Fsp3) is 0.538. The highest BCUT2D eigenvalue weighted by Crippen LogP contribution is 2.36. The van der Waals surface area contributed by atoms with Gasteiger partial charge in [-0.05, 0) is 33.8 Å². The van der Waals surface area contributed by atoms with Crippen LogP contribution in [-0.2, 0) is 15.7 Å². The molecule has 1 aromatic heterocycles. The number of nitrogens with zero attached hydrogens (tertiary/aromatic N) is 2. The zero-order chi connectivity index (χ0) is 14.3. The van der Waals surface area contributed by atoms with Crippen molar-refractivity contribution in [2.45, 2.75) is 45.3 Å². The molecule has 1 aliphatic rings. The molecule has 0 radical (unpaired) electrons. The molecule has 0 saturated carbocycles. The van der Waals surface area contributed by atoms with E-state index in [0.717, 1.165) is 0 Å². The molecule has 0 atom stereocenters. The van der Waals surface area contributed by atoms with E-state index in [1.54, 1.807) is 0 Å². The van der Waals surface area contributed by atoms with Crippen LogP contribution >= 0.6 is 0 Å². The van der Waals surface area contributed by atoms with Crippen LogP contribution in [0, 0.1) is 17.1 Å². The first-order valence-electron chi connectivity index (χ1n) is 6.14. The lowest BCUT2D eigenvalue weighted by Crippen LogP contribution is -2.41. The lowest BCUT2D eigenvalue weighted by Gasteiger charge is -2.32. The Labute approximate surface area is 112 Å². The van der Waals surface area contributed by atoms with Gasteiger partial charge in [0.15, 0.2) is 0 Å². The molecule has 0 aromatic carbocycles. The topological polar surface area (TPSA) is 55.1 Å². The lowest BCUT2D eigenvalue weighted by molar-refractivity contribution is 0.00578. The van der Waals surface area contributed by atoms with Crippen molar-refractivity contribution >= 4 is 12.7 Å². The molecule has 0 aliphatic carbocycles. The van der Waals surface area contributed by atoms with Gasteiger partial charge in [0.05, 0.1) is 29.3 Å². The molecule has 2 heterocycles. The summed E-state index contributed by atoms with van der Waals surface area (Å²) in [6, 6.07) is 3.17. The molecule has 2 rings (SSSR count).